The Morgan fingerprint density at radius 1 is 0.273 bits per heavy atom. The number of unbranched alkanes of at least 4 members (excludes halogenated alkanes) is 26. The quantitative estimate of drug-likeness (QED) is 0.0261. The van der Waals surface area contributed by atoms with Gasteiger partial charge in [-0.3, -0.25) is 14.4 Å². The predicted molar refractivity (Wildman–Crippen MR) is 334 cm³/mol. The maximum absolute atomic E-state index is 12.9. The standard InChI is InChI=1S/C71H118O6/c1-4-7-10-13-16-19-21-23-25-27-29-31-32-33-34-35-36-37-38-40-41-43-45-47-49-52-55-58-61-64-70(73)76-67-68(66-75-69(72)63-60-57-54-51-18-15-12-9-6-3)77-71(74)65-62-59-56-53-50-48-46-44-42-39-30-28-26-24-22-20-17-14-11-8-5-2/h7-8,10-11,16-17,19-20,23-26,29-31,33-34,39,44,46,68H,4-6,9,12-15,18,21-22,27-28,32,35-38,40-43,45,47-67H2,1-3H3/b10-7-,11-8-,19-16-,20-17-,25-23-,26-24-,31-29-,34-33-,39-30-,46-44-. The second kappa shape index (κ2) is 64.3. The minimum Gasteiger partial charge on any atom is -0.462 e. The minimum absolute atomic E-state index is 0.0858. The summed E-state index contributed by atoms with van der Waals surface area (Å²) in [6, 6.07) is 0. The molecule has 0 aromatic rings. The van der Waals surface area contributed by atoms with Gasteiger partial charge in [-0.2, -0.15) is 0 Å². The number of hydrogen-bond donors (Lipinski definition) is 0. The Labute approximate surface area is 475 Å². The lowest BCUT2D eigenvalue weighted by atomic mass is 10.0. The van der Waals surface area contributed by atoms with E-state index in [1.165, 1.54) is 109 Å². The van der Waals surface area contributed by atoms with E-state index >= 15 is 0 Å². The van der Waals surface area contributed by atoms with E-state index < -0.39 is 6.10 Å². The van der Waals surface area contributed by atoms with E-state index in [0.29, 0.717) is 19.3 Å². The van der Waals surface area contributed by atoms with Crippen molar-refractivity contribution in [3.8, 4) is 0 Å². The lowest BCUT2D eigenvalue weighted by Crippen LogP contribution is -2.30. The van der Waals surface area contributed by atoms with Gasteiger partial charge in [0.1, 0.15) is 13.2 Å². The number of carbonyl (C=O) groups is 3. The molecule has 0 aromatic heterocycles. The first-order chi connectivity index (χ1) is 38.0. The van der Waals surface area contributed by atoms with Gasteiger partial charge in [0.25, 0.3) is 0 Å². The van der Waals surface area contributed by atoms with Crippen molar-refractivity contribution in [3.05, 3.63) is 122 Å². The van der Waals surface area contributed by atoms with E-state index in [-0.39, 0.29) is 31.1 Å². The van der Waals surface area contributed by atoms with E-state index in [4.69, 9.17) is 14.2 Å². The summed E-state index contributed by atoms with van der Waals surface area (Å²) in [6.07, 6.45) is 89.3. The van der Waals surface area contributed by atoms with Crippen molar-refractivity contribution >= 4 is 17.9 Å². The van der Waals surface area contributed by atoms with Gasteiger partial charge in [0.2, 0.25) is 0 Å². The Morgan fingerprint density at radius 2 is 0.506 bits per heavy atom. The van der Waals surface area contributed by atoms with Crippen LogP contribution in [0.3, 0.4) is 0 Å². The number of esters is 3. The van der Waals surface area contributed by atoms with Crippen molar-refractivity contribution in [1.29, 1.82) is 0 Å². The first-order valence-corrected chi connectivity index (χ1v) is 32.0. The van der Waals surface area contributed by atoms with Gasteiger partial charge < -0.3 is 14.2 Å². The fourth-order valence-electron chi connectivity index (χ4n) is 8.73. The summed E-state index contributed by atoms with van der Waals surface area (Å²) < 4.78 is 16.9. The molecule has 0 amide bonds. The smallest absolute Gasteiger partial charge is 0.306 e. The molecule has 77 heavy (non-hydrogen) atoms. The maximum Gasteiger partial charge on any atom is 0.306 e. The van der Waals surface area contributed by atoms with Crippen LogP contribution >= 0.6 is 0 Å². The van der Waals surface area contributed by atoms with Crippen LogP contribution in [-0.2, 0) is 28.6 Å². The summed E-state index contributed by atoms with van der Waals surface area (Å²) in [5.41, 5.74) is 0. The third-order valence-electron chi connectivity index (χ3n) is 13.5. The van der Waals surface area contributed by atoms with Crippen LogP contribution in [0.5, 0.6) is 0 Å². The molecular weight excluding hydrogens is 949 g/mol. The van der Waals surface area contributed by atoms with Crippen LogP contribution in [0.2, 0.25) is 0 Å². The molecular formula is C71H118O6. The molecule has 0 radical (unpaired) electrons. The van der Waals surface area contributed by atoms with E-state index in [2.05, 4.69) is 142 Å². The molecule has 0 fully saturated rings. The van der Waals surface area contributed by atoms with Crippen LogP contribution in [0.25, 0.3) is 0 Å². The molecule has 0 N–H and O–H groups in total. The van der Waals surface area contributed by atoms with Gasteiger partial charge in [-0.25, -0.2) is 0 Å². The molecule has 6 nitrogen and oxygen atoms in total. The number of rotatable bonds is 57. The Balaban J connectivity index is 4.23. The second-order valence-electron chi connectivity index (χ2n) is 20.9. The molecule has 0 aliphatic rings. The summed E-state index contributed by atoms with van der Waals surface area (Å²) >= 11 is 0. The molecule has 6 heteroatoms. The van der Waals surface area contributed by atoms with Gasteiger partial charge in [-0.15, -0.1) is 0 Å². The van der Waals surface area contributed by atoms with E-state index in [0.717, 1.165) is 141 Å². The highest BCUT2D eigenvalue weighted by Crippen LogP contribution is 2.16. The number of ether oxygens (including phenoxy) is 3. The van der Waals surface area contributed by atoms with Crippen LogP contribution in [0.1, 0.15) is 290 Å². The monoisotopic (exact) mass is 1070 g/mol. The maximum atomic E-state index is 12.9. The fourth-order valence-corrected chi connectivity index (χ4v) is 8.73. The molecule has 0 rings (SSSR count). The van der Waals surface area contributed by atoms with Crippen LogP contribution in [0, 0.1) is 0 Å². The third kappa shape index (κ3) is 62.5. The first-order valence-electron chi connectivity index (χ1n) is 32.0. The average molecular weight is 1070 g/mol. The first kappa shape index (κ1) is 72.8. The second-order valence-corrected chi connectivity index (χ2v) is 20.9. The zero-order valence-corrected chi connectivity index (χ0v) is 50.2. The Bertz CT molecular complexity index is 1600. The lowest BCUT2D eigenvalue weighted by molar-refractivity contribution is -0.167. The molecule has 0 bridgehead atoms. The molecule has 0 heterocycles. The average Bonchev–Trinajstić information content (AvgIpc) is 3.43. The summed E-state index contributed by atoms with van der Waals surface area (Å²) in [7, 11) is 0. The highest BCUT2D eigenvalue weighted by atomic mass is 16.6. The van der Waals surface area contributed by atoms with Gasteiger partial charge in [-0.05, 0) is 109 Å². The largest absolute Gasteiger partial charge is 0.462 e. The van der Waals surface area contributed by atoms with Crippen LogP contribution in [0.15, 0.2) is 122 Å². The minimum atomic E-state index is -0.790. The van der Waals surface area contributed by atoms with E-state index in [9.17, 15) is 14.4 Å². The van der Waals surface area contributed by atoms with E-state index in [1.54, 1.807) is 0 Å². The molecule has 438 valence electrons. The molecule has 1 unspecified atom stereocenters. The third-order valence-corrected chi connectivity index (χ3v) is 13.5. The van der Waals surface area contributed by atoms with Gasteiger partial charge in [0, 0.05) is 19.3 Å². The van der Waals surface area contributed by atoms with Crippen molar-refractivity contribution < 1.29 is 28.6 Å². The normalized spacial score (nSPS) is 12.9. The fraction of sp³-hybridized carbons (Fsp3) is 0.676. The number of carbonyl (C=O) groups excluding carboxylic acids is 3. The molecule has 0 aliphatic heterocycles. The van der Waals surface area contributed by atoms with E-state index in [1.807, 2.05) is 0 Å². The summed E-state index contributed by atoms with van der Waals surface area (Å²) in [4.78, 5) is 38.2. The van der Waals surface area contributed by atoms with Crippen LogP contribution in [0.4, 0.5) is 0 Å². The summed E-state index contributed by atoms with van der Waals surface area (Å²) in [5, 5.41) is 0. The highest BCUT2D eigenvalue weighted by Gasteiger charge is 2.19. The molecule has 0 saturated carbocycles. The van der Waals surface area contributed by atoms with Crippen molar-refractivity contribution in [3.63, 3.8) is 0 Å². The SMILES string of the molecule is CC/C=C\C/C=C\C/C=C\C/C=C\C/C=C\CCCCCCCCCCCCCCCC(=O)OCC(COC(=O)CCCCCCCCCCC)OC(=O)CCCCCCC/C=C\C/C=C\C/C=C\C/C=C\C/C=C\CC. The molecule has 0 aromatic carbocycles. The van der Waals surface area contributed by atoms with Gasteiger partial charge >= 0.3 is 17.9 Å². The Morgan fingerprint density at radius 3 is 0.792 bits per heavy atom. The molecule has 0 saturated heterocycles. The predicted octanol–water partition coefficient (Wildman–Crippen LogP) is 22.0. The Kier molecular flexibility index (Phi) is 60.8. The summed E-state index contributed by atoms with van der Waals surface area (Å²) in [6.45, 7) is 6.39. The highest BCUT2D eigenvalue weighted by molar-refractivity contribution is 5.71. The van der Waals surface area contributed by atoms with Crippen LogP contribution in [-0.4, -0.2) is 37.2 Å². The van der Waals surface area contributed by atoms with Crippen molar-refractivity contribution in [2.75, 3.05) is 13.2 Å². The number of hydrogen-bond acceptors (Lipinski definition) is 6. The topological polar surface area (TPSA) is 78.9 Å². The van der Waals surface area contributed by atoms with Crippen LogP contribution < -0.4 is 0 Å². The Hall–Kier alpha value is -4.19. The zero-order valence-electron chi connectivity index (χ0n) is 50.2. The van der Waals surface area contributed by atoms with Gasteiger partial charge in [0.15, 0.2) is 6.10 Å². The summed E-state index contributed by atoms with van der Waals surface area (Å²) in [5.74, 6) is -0.904. The van der Waals surface area contributed by atoms with Crippen molar-refractivity contribution in [2.45, 2.75) is 297 Å². The molecule has 0 spiro atoms. The lowest BCUT2D eigenvalue weighted by Gasteiger charge is -2.18. The zero-order chi connectivity index (χ0) is 55.7. The number of allylic oxidation sites excluding steroid dienone is 20. The van der Waals surface area contributed by atoms with Crippen molar-refractivity contribution in [1.82, 2.24) is 0 Å². The molecule has 1 atom stereocenters. The molecule has 0 aliphatic carbocycles. The van der Waals surface area contributed by atoms with Gasteiger partial charge in [0.05, 0.1) is 0 Å². The van der Waals surface area contributed by atoms with Crippen molar-refractivity contribution in [2.24, 2.45) is 0 Å². The van der Waals surface area contributed by atoms with Gasteiger partial charge in [-0.1, -0.05) is 284 Å².